The molecule has 0 radical (unpaired) electrons. The molecule has 1 saturated heterocycles. The molecule has 3 aromatic rings. The molecule has 1 saturated carbocycles. The lowest BCUT2D eigenvalue weighted by atomic mass is 10.2. The maximum Gasteiger partial charge on any atom is 0.246 e. The highest BCUT2D eigenvalue weighted by Crippen LogP contribution is 2.39. The lowest BCUT2D eigenvalue weighted by Crippen LogP contribution is -2.48. The van der Waals surface area contributed by atoms with Crippen LogP contribution < -0.4 is 4.90 Å². The fraction of sp³-hybridized carbons (Fsp3) is 0.333. The zero-order valence-electron chi connectivity index (χ0n) is 15.9. The van der Waals surface area contributed by atoms with Crippen LogP contribution in [0.4, 0.5) is 5.82 Å². The van der Waals surface area contributed by atoms with Gasteiger partial charge in [0.2, 0.25) is 17.6 Å². The number of piperazine rings is 1. The van der Waals surface area contributed by atoms with Crippen LogP contribution in [0.3, 0.4) is 0 Å². The van der Waals surface area contributed by atoms with Crippen LogP contribution in [0.15, 0.2) is 46.4 Å². The number of aromatic nitrogens is 3. The summed E-state index contributed by atoms with van der Waals surface area (Å²) in [5, 5.41) is 6.07. The van der Waals surface area contributed by atoms with Crippen LogP contribution in [0.5, 0.6) is 0 Å². The minimum atomic E-state index is 0.0601. The molecule has 0 bridgehead atoms. The number of carbonyl (C=O) groups excluding carboxylic acids is 1. The van der Waals surface area contributed by atoms with Gasteiger partial charge in [0.25, 0.3) is 0 Å². The Morgan fingerprint density at radius 1 is 1.17 bits per heavy atom. The van der Waals surface area contributed by atoms with Gasteiger partial charge in [-0.2, -0.15) is 4.98 Å². The van der Waals surface area contributed by atoms with Crippen molar-refractivity contribution >= 4 is 29.1 Å². The van der Waals surface area contributed by atoms with E-state index in [0.29, 0.717) is 24.8 Å². The van der Waals surface area contributed by atoms with Gasteiger partial charge in [-0.05, 0) is 42.5 Å². The van der Waals surface area contributed by atoms with E-state index in [0.717, 1.165) is 48.1 Å². The first-order valence-corrected chi connectivity index (χ1v) is 10.7. The van der Waals surface area contributed by atoms with Crippen LogP contribution in [0.2, 0.25) is 0 Å². The van der Waals surface area contributed by atoms with Crippen molar-refractivity contribution in [2.75, 3.05) is 31.1 Å². The number of anilines is 1. The zero-order chi connectivity index (χ0) is 19.6. The number of pyridine rings is 1. The Bertz CT molecular complexity index is 1000. The molecule has 0 aromatic carbocycles. The lowest BCUT2D eigenvalue weighted by molar-refractivity contribution is -0.126. The molecule has 2 aliphatic rings. The highest BCUT2D eigenvalue weighted by atomic mass is 32.1. The number of thiophene rings is 1. The number of hydrogen-bond donors (Lipinski definition) is 0. The third-order valence-corrected chi connectivity index (χ3v) is 6.06. The SMILES string of the molecule is O=C(/C=C/c1cccs1)N1CCN(c2ccc(-c3noc(C4CC4)n3)cn2)CC1. The minimum Gasteiger partial charge on any atom is -0.353 e. The van der Waals surface area contributed by atoms with Crippen LogP contribution in [0, 0.1) is 0 Å². The Labute approximate surface area is 172 Å². The first-order valence-electron chi connectivity index (χ1n) is 9.82. The summed E-state index contributed by atoms with van der Waals surface area (Å²) in [5.41, 5.74) is 0.858. The molecule has 1 aliphatic heterocycles. The summed E-state index contributed by atoms with van der Waals surface area (Å²) in [6, 6.07) is 7.95. The van der Waals surface area contributed by atoms with E-state index >= 15 is 0 Å². The van der Waals surface area contributed by atoms with Gasteiger partial charge in [-0.1, -0.05) is 11.2 Å². The molecule has 29 heavy (non-hydrogen) atoms. The van der Waals surface area contributed by atoms with Crippen LogP contribution >= 0.6 is 11.3 Å². The average molecular weight is 407 g/mol. The smallest absolute Gasteiger partial charge is 0.246 e. The van der Waals surface area contributed by atoms with E-state index in [9.17, 15) is 4.79 Å². The van der Waals surface area contributed by atoms with E-state index in [1.807, 2.05) is 40.6 Å². The summed E-state index contributed by atoms with van der Waals surface area (Å²) in [4.78, 5) is 26.6. The molecule has 5 rings (SSSR count). The lowest BCUT2D eigenvalue weighted by Gasteiger charge is -2.35. The summed E-state index contributed by atoms with van der Waals surface area (Å²) in [6.45, 7) is 2.90. The predicted molar refractivity (Wildman–Crippen MR) is 112 cm³/mol. The highest BCUT2D eigenvalue weighted by molar-refractivity contribution is 7.10. The van der Waals surface area contributed by atoms with E-state index in [4.69, 9.17) is 4.52 Å². The summed E-state index contributed by atoms with van der Waals surface area (Å²) in [5.74, 6) is 2.74. The van der Waals surface area contributed by atoms with Gasteiger partial charge in [0.15, 0.2) is 0 Å². The van der Waals surface area contributed by atoms with Gasteiger partial charge in [-0.3, -0.25) is 4.79 Å². The van der Waals surface area contributed by atoms with E-state index in [2.05, 4.69) is 20.0 Å². The normalized spacial score (nSPS) is 17.2. The third kappa shape index (κ3) is 4.07. The summed E-state index contributed by atoms with van der Waals surface area (Å²) in [6.07, 6.45) is 7.61. The second-order valence-corrected chi connectivity index (χ2v) is 8.28. The van der Waals surface area contributed by atoms with E-state index in [1.165, 1.54) is 0 Å². The van der Waals surface area contributed by atoms with Gasteiger partial charge in [-0.25, -0.2) is 4.98 Å². The first-order chi connectivity index (χ1) is 14.3. The van der Waals surface area contributed by atoms with E-state index < -0.39 is 0 Å². The quantitative estimate of drug-likeness (QED) is 0.603. The second-order valence-electron chi connectivity index (χ2n) is 7.30. The number of nitrogens with zero attached hydrogens (tertiary/aromatic N) is 5. The maximum atomic E-state index is 12.4. The molecule has 1 amide bonds. The van der Waals surface area contributed by atoms with Gasteiger partial charge in [0.05, 0.1) is 0 Å². The van der Waals surface area contributed by atoms with Gasteiger partial charge in [-0.15, -0.1) is 11.3 Å². The summed E-state index contributed by atoms with van der Waals surface area (Å²) in [7, 11) is 0. The molecule has 0 unspecified atom stereocenters. The largest absolute Gasteiger partial charge is 0.353 e. The number of carbonyl (C=O) groups is 1. The van der Waals surface area contributed by atoms with Gasteiger partial charge < -0.3 is 14.3 Å². The average Bonchev–Trinajstić information content (AvgIpc) is 3.27. The van der Waals surface area contributed by atoms with Crippen molar-refractivity contribution < 1.29 is 9.32 Å². The van der Waals surface area contributed by atoms with E-state index in [-0.39, 0.29) is 5.91 Å². The van der Waals surface area contributed by atoms with E-state index in [1.54, 1.807) is 23.6 Å². The van der Waals surface area contributed by atoms with Gasteiger partial charge in [0.1, 0.15) is 5.82 Å². The summed E-state index contributed by atoms with van der Waals surface area (Å²) >= 11 is 1.63. The molecule has 2 fully saturated rings. The molecule has 0 spiro atoms. The van der Waals surface area contributed by atoms with Crippen LogP contribution in [0.25, 0.3) is 17.5 Å². The first kappa shape index (κ1) is 18.1. The van der Waals surface area contributed by atoms with Crippen molar-refractivity contribution in [2.24, 2.45) is 0 Å². The molecule has 3 aromatic heterocycles. The standard InChI is InChI=1S/C21H21N5O2S/c27-19(8-6-17-2-1-13-29-17)26-11-9-25(10-12-26)18-7-5-16(14-22-18)20-23-21(28-24-20)15-3-4-15/h1-2,5-8,13-15H,3-4,9-12H2/b8-6+. The van der Waals surface area contributed by atoms with Crippen molar-refractivity contribution in [2.45, 2.75) is 18.8 Å². The van der Waals surface area contributed by atoms with Crippen molar-refractivity contribution in [3.05, 3.63) is 52.7 Å². The Kier molecular flexibility index (Phi) is 4.85. The molecular formula is C21H21N5O2S. The van der Waals surface area contributed by atoms with Crippen LogP contribution in [-0.4, -0.2) is 52.1 Å². The zero-order valence-corrected chi connectivity index (χ0v) is 16.7. The molecule has 0 atom stereocenters. The minimum absolute atomic E-state index is 0.0601. The third-order valence-electron chi connectivity index (χ3n) is 5.22. The molecule has 8 heteroatoms. The molecular weight excluding hydrogens is 386 g/mol. The fourth-order valence-corrected chi connectivity index (χ4v) is 3.97. The molecule has 0 N–H and O–H groups in total. The molecule has 1 aliphatic carbocycles. The maximum absolute atomic E-state index is 12.4. The summed E-state index contributed by atoms with van der Waals surface area (Å²) < 4.78 is 5.33. The number of rotatable bonds is 5. The Morgan fingerprint density at radius 3 is 2.72 bits per heavy atom. The van der Waals surface area contributed by atoms with Crippen molar-refractivity contribution in [3.63, 3.8) is 0 Å². The molecule has 148 valence electrons. The number of hydrogen-bond acceptors (Lipinski definition) is 7. The van der Waals surface area contributed by atoms with Gasteiger partial charge in [0, 0.05) is 54.8 Å². The molecule has 7 nitrogen and oxygen atoms in total. The van der Waals surface area contributed by atoms with Crippen molar-refractivity contribution in [1.82, 2.24) is 20.0 Å². The Morgan fingerprint density at radius 2 is 2.03 bits per heavy atom. The Balaban J connectivity index is 1.17. The topological polar surface area (TPSA) is 75.4 Å². The van der Waals surface area contributed by atoms with Crippen LogP contribution in [-0.2, 0) is 4.79 Å². The number of amides is 1. The van der Waals surface area contributed by atoms with Crippen molar-refractivity contribution in [3.8, 4) is 11.4 Å². The predicted octanol–water partition coefficient (Wildman–Crippen LogP) is 3.43. The fourth-order valence-electron chi connectivity index (χ4n) is 3.35. The monoisotopic (exact) mass is 407 g/mol. The van der Waals surface area contributed by atoms with Crippen molar-refractivity contribution in [1.29, 1.82) is 0 Å². The highest BCUT2D eigenvalue weighted by Gasteiger charge is 2.30. The second kappa shape index (κ2) is 7.79. The Hall–Kier alpha value is -3.00. The molecule has 4 heterocycles. The van der Waals surface area contributed by atoms with Crippen LogP contribution in [0.1, 0.15) is 29.5 Å². The van der Waals surface area contributed by atoms with Gasteiger partial charge >= 0.3 is 0 Å².